The fraction of sp³-hybridized carbons (Fsp3) is 0.217. The molecule has 0 aromatic heterocycles. The standard InChI is InChI=1S/C23H22N2O5/c1-16-14-19(24-21(26)17-8-4-2-5-9-17)15-20(23(16)29-12-13-30-23)25(28)22(27)18-10-6-3-7-11-18/h2-11,14-15,20,28H,12-13H2,1H3,(H,24,26)/t20-/m1/s1. The van der Waals surface area contributed by atoms with Gasteiger partial charge in [-0.3, -0.25) is 14.8 Å². The Morgan fingerprint density at radius 3 is 2.17 bits per heavy atom. The first-order valence-electron chi connectivity index (χ1n) is 9.64. The van der Waals surface area contributed by atoms with Crippen molar-refractivity contribution in [3.63, 3.8) is 0 Å². The second-order valence-corrected chi connectivity index (χ2v) is 7.09. The summed E-state index contributed by atoms with van der Waals surface area (Å²) < 4.78 is 11.7. The van der Waals surface area contributed by atoms with Crippen molar-refractivity contribution in [3.05, 3.63) is 95.2 Å². The average molecular weight is 406 g/mol. The van der Waals surface area contributed by atoms with E-state index in [9.17, 15) is 14.8 Å². The second kappa shape index (κ2) is 8.23. The van der Waals surface area contributed by atoms with E-state index in [1.165, 1.54) is 0 Å². The van der Waals surface area contributed by atoms with Gasteiger partial charge in [-0.05, 0) is 48.9 Å². The molecule has 2 aromatic carbocycles. The van der Waals surface area contributed by atoms with Crippen LogP contribution in [0.4, 0.5) is 0 Å². The molecular formula is C23H22N2O5. The second-order valence-electron chi connectivity index (χ2n) is 7.09. The van der Waals surface area contributed by atoms with E-state index in [1.54, 1.807) is 73.7 Å². The molecular weight excluding hydrogens is 384 g/mol. The molecule has 1 aliphatic carbocycles. The van der Waals surface area contributed by atoms with Crippen LogP contribution in [-0.2, 0) is 9.47 Å². The summed E-state index contributed by atoms with van der Waals surface area (Å²) >= 11 is 0. The van der Waals surface area contributed by atoms with Gasteiger partial charge in [0.25, 0.3) is 11.8 Å². The van der Waals surface area contributed by atoms with Gasteiger partial charge < -0.3 is 14.8 Å². The lowest BCUT2D eigenvalue weighted by Crippen LogP contribution is -2.56. The lowest BCUT2D eigenvalue weighted by molar-refractivity contribution is -0.207. The van der Waals surface area contributed by atoms with Crippen LogP contribution in [0.5, 0.6) is 0 Å². The van der Waals surface area contributed by atoms with Gasteiger partial charge >= 0.3 is 0 Å². The number of nitrogens with one attached hydrogen (secondary N) is 1. The van der Waals surface area contributed by atoms with Crippen molar-refractivity contribution in [1.82, 2.24) is 10.4 Å². The van der Waals surface area contributed by atoms with E-state index < -0.39 is 17.7 Å². The van der Waals surface area contributed by atoms with Gasteiger partial charge in [0.05, 0.1) is 13.2 Å². The van der Waals surface area contributed by atoms with Gasteiger partial charge in [-0.15, -0.1) is 0 Å². The van der Waals surface area contributed by atoms with Crippen LogP contribution < -0.4 is 5.32 Å². The molecule has 1 fully saturated rings. The average Bonchev–Trinajstić information content (AvgIpc) is 3.27. The van der Waals surface area contributed by atoms with Crippen molar-refractivity contribution in [2.45, 2.75) is 18.8 Å². The predicted octanol–water partition coefficient (Wildman–Crippen LogP) is 2.90. The monoisotopic (exact) mass is 406 g/mol. The number of ether oxygens (including phenoxy) is 2. The molecule has 2 amide bonds. The van der Waals surface area contributed by atoms with Gasteiger partial charge in [0.2, 0.25) is 5.79 Å². The van der Waals surface area contributed by atoms with Crippen LogP contribution >= 0.6 is 0 Å². The highest BCUT2D eigenvalue weighted by molar-refractivity contribution is 5.96. The van der Waals surface area contributed by atoms with Crippen LogP contribution in [0.3, 0.4) is 0 Å². The van der Waals surface area contributed by atoms with E-state index in [0.717, 1.165) is 0 Å². The van der Waals surface area contributed by atoms with Crippen molar-refractivity contribution in [1.29, 1.82) is 0 Å². The first-order valence-corrected chi connectivity index (χ1v) is 9.64. The highest BCUT2D eigenvalue weighted by atomic mass is 16.7. The third-order valence-corrected chi connectivity index (χ3v) is 5.15. The fourth-order valence-corrected chi connectivity index (χ4v) is 3.66. The van der Waals surface area contributed by atoms with E-state index in [-0.39, 0.29) is 5.91 Å². The molecule has 1 saturated heterocycles. The molecule has 0 radical (unpaired) electrons. The normalized spacial score (nSPS) is 19.7. The molecule has 0 unspecified atom stereocenters. The number of rotatable bonds is 4. The van der Waals surface area contributed by atoms with Crippen molar-refractivity contribution < 1.29 is 24.3 Å². The molecule has 1 heterocycles. The van der Waals surface area contributed by atoms with Crippen LogP contribution in [0.2, 0.25) is 0 Å². The summed E-state index contributed by atoms with van der Waals surface area (Å²) in [4.78, 5) is 25.4. The van der Waals surface area contributed by atoms with E-state index in [1.807, 2.05) is 6.07 Å². The van der Waals surface area contributed by atoms with E-state index in [0.29, 0.717) is 40.7 Å². The number of allylic oxidation sites excluding steroid dienone is 1. The van der Waals surface area contributed by atoms with Crippen LogP contribution in [0, 0.1) is 0 Å². The highest BCUT2D eigenvalue weighted by Crippen LogP contribution is 2.38. The summed E-state index contributed by atoms with van der Waals surface area (Å²) in [6, 6.07) is 16.2. The number of carbonyl (C=O) groups excluding carboxylic acids is 2. The van der Waals surface area contributed by atoms with Crippen molar-refractivity contribution in [2.24, 2.45) is 0 Å². The van der Waals surface area contributed by atoms with Gasteiger partial charge in [0.1, 0.15) is 6.04 Å². The Bertz CT molecular complexity index is 995. The fourth-order valence-electron chi connectivity index (χ4n) is 3.66. The number of hydroxylamine groups is 2. The summed E-state index contributed by atoms with van der Waals surface area (Å²) in [6.07, 6.45) is 3.30. The van der Waals surface area contributed by atoms with Crippen molar-refractivity contribution in [2.75, 3.05) is 13.2 Å². The summed E-state index contributed by atoms with van der Waals surface area (Å²) in [7, 11) is 0. The zero-order valence-corrected chi connectivity index (χ0v) is 16.4. The Labute approximate surface area is 174 Å². The number of benzene rings is 2. The number of hydrogen-bond acceptors (Lipinski definition) is 5. The zero-order chi connectivity index (χ0) is 21.1. The molecule has 0 saturated carbocycles. The number of nitrogens with zero attached hydrogens (tertiary/aromatic N) is 1. The van der Waals surface area contributed by atoms with Gasteiger partial charge in [-0.1, -0.05) is 36.4 Å². The molecule has 2 N–H and O–H groups in total. The minimum Gasteiger partial charge on any atom is -0.342 e. The topological polar surface area (TPSA) is 88.1 Å². The van der Waals surface area contributed by atoms with Gasteiger partial charge in [-0.25, -0.2) is 5.06 Å². The van der Waals surface area contributed by atoms with E-state index in [2.05, 4.69) is 5.32 Å². The maximum atomic E-state index is 12.9. The van der Waals surface area contributed by atoms with E-state index >= 15 is 0 Å². The Morgan fingerprint density at radius 2 is 1.57 bits per heavy atom. The molecule has 154 valence electrons. The molecule has 30 heavy (non-hydrogen) atoms. The van der Waals surface area contributed by atoms with Crippen LogP contribution in [0.15, 0.2) is 84.1 Å². The van der Waals surface area contributed by atoms with Crippen molar-refractivity contribution >= 4 is 11.8 Å². The largest absolute Gasteiger partial charge is 0.342 e. The molecule has 7 nitrogen and oxygen atoms in total. The minimum absolute atomic E-state index is 0.298. The van der Waals surface area contributed by atoms with Gasteiger partial charge in [0.15, 0.2) is 0 Å². The van der Waals surface area contributed by atoms with Crippen LogP contribution in [0.1, 0.15) is 27.6 Å². The van der Waals surface area contributed by atoms with Crippen LogP contribution in [0.25, 0.3) is 0 Å². The smallest absolute Gasteiger partial charge is 0.277 e. The Balaban J connectivity index is 1.65. The molecule has 1 spiro atoms. The number of amides is 2. The highest BCUT2D eigenvalue weighted by Gasteiger charge is 2.51. The molecule has 0 bridgehead atoms. The SMILES string of the molecule is CC1=CC(NC(=O)c2ccccc2)=C[C@@H](N(O)C(=O)c2ccccc2)C12OCCO2. The summed E-state index contributed by atoms with van der Waals surface area (Å²) in [5.41, 5.74) is 1.89. The number of hydrogen-bond donors (Lipinski definition) is 2. The minimum atomic E-state index is -1.31. The van der Waals surface area contributed by atoms with Crippen molar-refractivity contribution in [3.8, 4) is 0 Å². The van der Waals surface area contributed by atoms with Gasteiger partial charge in [0, 0.05) is 16.8 Å². The maximum absolute atomic E-state index is 12.9. The summed E-state index contributed by atoms with van der Waals surface area (Å²) in [5.74, 6) is -2.20. The Morgan fingerprint density at radius 1 is 1.00 bits per heavy atom. The van der Waals surface area contributed by atoms with E-state index in [4.69, 9.17) is 9.47 Å². The number of carbonyl (C=O) groups is 2. The first-order chi connectivity index (χ1) is 14.5. The molecule has 4 rings (SSSR count). The Kier molecular flexibility index (Phi) is 5.50. The van der Waals surface area contributed by atoms with Gasteiger partial charge in [-0.2, -0.15) is 0 Å². The predicted molar refractivity (Wildman–Crippen MR) is 109 cm³/mol. The quantitative estimate of drug-likeness (QED) is 0.602. The summed E-state index contributed by atoms with van der Waals surface area (Å²) in [5, 5.41) is 14.3. The third kappa shape index (κ3) is 3.66. The zero-order valence-electron chi connectivity index (χ0n) is 16.4. The lowest BCUT2D eigenvalue weighted by atomic mass is 9.91. The van der Waals surface area contributed by atoms with Crippen LogP contribution in [-0.4, -0.2) is 47.1 Å². The lowest BCUT2D eigenvalue weighted by Gasteiger charge is -2.40. The summed E-state index contributed by atoms with van der Waals surface area (Å²) in [6.45, 7) is 2.43. The molecule has 1 aliphatic heterocycles. The molecule has 1 atom stereocenters. The Hall–Kier alpha value is -3.26. The maximum Gasteiger partial charge on any atom is 0.277 e. The molecule has 2 aliphatic rings. The third-order valence-electron chi connectivity index (χ3n) is 5.15. The molecule has 7 heteroatoms. The first kappa shape index (κ1) is 20.0. The molecule has 2 aromatic rings.